The third kappa shape index (κ3) is 16.7. The Morgan fingerprint density at radius 3 is 1.91 bits per heavy atom. The van der Waals surface area contributed by atoms with Crippen molar-refractivity contribution in [2.75, 3.05) is 6.54 Å². The highest BCUT2D eigenvalue weighted by Crippen LogP contribution is 2.57. The molecule has 2 rings (SSSR count). The number of ether oxygens (including phenoxy) is 1. The molecule has 1 aromatic carbocycles. The van der Waals surface area contributed by atoms with Crippen molar-refractivity contribution in [2.45, 2.75) is 161 Å². The van der Waals surface area contributed by atoms with Crippen molar-refractivity contribution in [3.63, 3.8) is 0 Å². The van der Waals surface area contributed by atoms with Gasteiger partial charge < -0.3 is 35.5 Å². The normalized spacial score (nSPS) is 16.4. The zero-order valence-electron chi connectivity index (χ0n) is 35.1. The van der Waals surface area contributed by atoms with Crippen LogP contribution in [0.4, 0.5) is 0 Å². The highest BCUT2D eigenvalue weighted by atomic mass is 31.2. The minimum absolute atomic E-state index is 0.00360. The van der Waals surface area contributed by atoms with Gasteiger partial charge in [0.15, 0.2) is 0 Å². The number of hydrogen-bond donors (Lipinski definition) is 4. The number of amides is 4. The Kier molecular flexibility index (Phi) is 17.8. The standard InChI is InChI=1S/C42H67N4O9P/c1-12-14-18-25-44-37(50)33(27-34(43)47)45-38(51)42(23-16-15-17-24-42)46-36(49)32(26-35(48)53-39(3,4)5)31(13-2)30-21-19-29(20-22-30)28-56(52,54-40(6,7)8)55-41(9,10)11/h12-13,19-22,31-33H,1-2,14-18,23-28H2,3-11H3,(H2,43,47)(H,44,50)(H,45,51)(H,46,49)/t31-,32-,33+/m1/s1. The molecule has 0 radical (unpaired) electrons. The topological polar surface area (TPSA) is 192 Å². The lowest BCUT2D eigenvalue weighted by Gasteiger charge is -2.39. The van der Waals surface area contributed by atoms with E-state index in [-0.39, 0.29) is 25.4 Å². The average molecular weight is 803 g/mol. The fourth-order valence-corrected chi connectivity index (χ4v) is 9.14. The Labute approximate surface area is 334 Å². The molecule has 56 heavy (non-hydrogen) atoms. The molecule has 0 bridgehead atoms. The summed E-state index contributed by atoms with van der Waals surface area (Å²) in [5.74, 6) is -4.93. The molecule has 1 saturated carbocycles. The van der Waals surface area contributed by atoms with Gasteiger partial charge in [-0.2, -0.15) is 0 Å². The van der Waals surface area contributed by atoms with E-state index in [4.69, 9.17) is 19.5 Å². The van der Waals surface area contributed by atoms with Crippen molar-refractivity contribution in [2.24, 2.45) is 11.7 Å². The summed E-state index contributed by atoms with van der Waals surface area (Å²) in [7, 11) is -3.61. The SMILES string of the molecule is C=CCCCNC(=O)[C@H](CC(N)=O)NC(=O)C1(NC(=O)[C@H](CC(=O)OC(C)(C)C)[C@H](C=C)c2ccc(CP(=O)(OC(C)(C)C)OC(C)(C)C)cc2)CCCCC1. The van der Waals surface area contributed by atoms with Gasteiger partial charge in [0.2, 0.25) is 23.6 Å². The maximum Gasteiger partial charge on any atom is 0.336 e. The van der Waals surface area contributed by atoms with Gasteiger partial charge in [0.25, 0.3) is 0 Å². The van der Waals surface area contributed by atoms with Crippen LogP contribution in [-0.2, 0) is 48.5 Å². The van der Waals surface area contributed by atoms with Crippen LogP contribution in [0, 0.1) is 5.92 Å². The average Bonchev–Trinajstić information content (AvgIpc) is 3.04. The fourth-order valence-electron chi connectivity index (χ4n) is 6.65. The van der Waals surface area contributed by atoms with E-state index in [1.165, 1.54) is 0 Å². The lowest BCUT2D eigenvalue weighted by Crippen LogP contribution is -2.63. The Morgan fingerprint density at radius 1 is 0.857 bits per heavy atom. The minimum Gasteiger partial charge on any atom is -0.460 e. The van der Waals surface area contributed by atoms with Crippen LogP contribution in [0.3, 0.4) is 0 Å². The van der Waals surface area contributed by atoms with E-state index >= 15 is 0 Å². The van der Waals surface area contributed by atoms with Crippen molar-refractivity contribution in [3.8, 4) is 0 Å². The molecule has 0 unspecified atom stereocenters. The number of unbranched alkanes of at least 4 members (excludes halogenated alkanes) is 1. The van der Waals surface area contributed by atoms with Crippen LogP contribution in [0.2, 0.25) is 0 Å². The number of esters is 1. The van der Waals surface area contributed by atoms with Crippen LogP contribution in [0.5, 0.6) is 0 Å². The summed E-state index contributed by atoms with van der Waals surface area (Å²) >= 11 is 0. The van der Waals surface area contributed by atoms with Crippen LogP contribution >= 0.6 is 7.60 Å². The number of benzene rings is 1. The van der Waals surface area contributed by atoms with Gasteiger partial charge in [-0.25, -0.2) is 0 Å². The van der Waals surface area contributed by atoms with E-state index < -0.39 is 83.8 Å². The van der Waals surface area contributed by atoms with E-state index in [9.17, 15) is 28.5 Å². The summed E-state index contributed by atoms with van der Waals surface area (Å²) < 4.78 is 31.6. The van der Waals surface area contributed by atoms with Gasteiger partial charge in [-0.1, -0.05) is 55.7 Å². The second-order valence-electron chi connectivity index (χ2n) is 17.6. The van der Waals surface area contributed by atoms with Crippen LogP contribution in [0.1, 0.15) is 137 Å². The van der Waals surface area contributed by atoms with Gasteiger partial charge in [-0.3, -0.25) is 28.5 Å². The Balaban J connectivity index is 2.50. The predicted molar refractivity (Wildman–Crippen MR) is 218 cm³/mol. The van der Waals surface area contributed by atoms with Gasteiger partial charge in [0.1, 0.15) is 17.2 Å². The van der Waals surface area contributed by atoms with E-state index in [0.29, 0.717) is 43.4 Å². The molecule has 0 spiro atoms. The van der Waals surface area contributed by atoms with E-state index in [2.05, 4.69) is 29.1 Å². The highest BCUT2D eigenvalue weighted by molar-refractivity contribution is 7.53. The van der Waals surface area contributed by atoms with Crippen LogP contribution in [0.25, 0.3) is 0 Å². The van der Waals surface area contributed by atoms with Crippen LogP contribution in [-0.4, -0.2) is 64.5 Å². The van der Waals surface area contributed by atoms with Gasteiger partial charge in [0, 0.05) is 12.5 Å². The van der Waals surface area contributed by atoms with Crippen molar-refractivity contribution < 1.29 is 42.3 Å². The van der Waals surface area contributed by atoms with Crippen LogP contribution < -0.4 is 21.7 Å². The van der Waals surface area contributed by atoms with Crippen LogP contribution in [0.15, 0.2) is 49.6 Å². The number of rotatable bonds is 20. The third-order valence-corrected chi connectivity index (χ3v) is 11.2. The molecular formula is C42H67N4O9P. The number of nitrogens with two attached hydrogens (primary N) is 1. The maximum absolute atomic E-state index is 14.5. The minimum atomic E-state index is -3.61. The molecule has 0 aliphatic heterocycles. The van der Waals surface area contributed by atoms with Gasteiger partial charge in [-0.15, -0.1) is 13.2 Å². The molecule has 14 heteroatoms. The van der Waals surface area contributed by atoms with Gasteiger partial charge in [-0.05, 0) is 99.1 Å². The number of primary amides is 1. The molecule has 1 aliphatic carbocycles. The number of nitrogens with one attached hydrogen (secondary N) is 3. The van der Waals surface area contributed by atoms with Gasteiger partial charge >= 0.3 is 13.6 Å². The summed E-state index contributed by atoms with van der Waals surface area (Å²) in [4.78, 5) is 67.1. The van der Waals surface area contributed by atoms with Crippen molar-refractivity contribution in [1.82, 2.24) is 16.0 Å². The molecule has 1 aromatic rings. The zero-order chi connectivity index (χ0) is 42.5. The van der Waals surface area contributed by atoms with E-state index in [1.807, 2.05) is 41.5 Å². The molecular weight excluding hydrogens is 735 g/mol. The number of carbonyl (C=O) groups is 5. The molecule has 0 saturated heterocycles. The lowest BCUT2D eigenvalue weighted by molar-refractivity contribution is -0.157. The molecule has 1 aliphatic rings. The van der Waals surface area contributed by atoms with Crippen molar-refractivity contribution in [3.05, 3.63) is 60.7 Å². The summed E-state index contributed by atoms with van der Waals surface area (Å²) in [5.41, 5.74) is 3.06. The number of hydrogen-bond acceptors (Lipinski definition) is 9. The second-order valence-corrected chi connectivity index (χ2v) is 19.5. The first-order valence-electron chi connectivity index (χ1n) is 19.5. The molecule has 314 valence electrons. The molecule has 4 amide bonds. The second kappa shape index (κ2) is 20.6. The summed E-state index contributed by atoms with van der Waals surface area (Å²) in [6.07, 6.45) is 6.44. The molecule has 3 atom stereocenters. The van der Waals surface area contributed by atoms with Crippen molar-refractivity contribution >= 4 is 37.2 Å². The van der Waals surface area contributed by atoms with E-state index in [1.54, 1.807) is 57.2 Å². The summed E-state index contributed by atoms with van der Waals surface area (Å²) in [5, 5.41) is 8.43. The maximum atomic E-state index is 14.5. The first kappa shape index (κ1) is 48.3. The van der Waals surface area contributed by atoms with E-state index in [0.717, 1.165) is 6.42 Å². The quantitative estimate of drug-likeness (QED) is 0.0471. The lowest BCUT2D eigenvalue weighted by atomic mass is 9.78. The molecule has 13 nitrogen and oxygen atoms in total. The Bertz CT molecular complexity index is 1560. The van der Waals surface area contributed by atoms with Gasteiger partial charge in [0.05, 0.1) is 36.1 Å². The Morgan fingerprint density at radius 2 is 1.43 bits per heavy atom. The summed E-state index contributed by atoms with van der Waals surface area (Å²) in [6, 6.07) is 5.85. The number of carbonyl (C=O) groups excluding carboxylic acids is 5. The highest BCUT2D eigenvalue weighted by Gasteiger charge is 2.45. The molecule has 0 heterocycles. The molecule has 5 N–H and O–H groups in total. The zero-order valence-corrected chi connectivity index (χ0v) is 36.0. The first-order chi connectivity index (χ1) is 25.8. The fraction of sp³-hybridized carbons (Fsp3) is 0.643. The Hall–Kier alpha value is -3.80. The first-order valence-corrected chi connectivity index (χ1v) is 21.3. The smallest absolute Gasteiger partial charge is 0.336 e. The predicted octanol–water partition coefficient (Wildman–Crippen LogP) is 6.89. The monoisotopic (exact) mass is 802 g/mol. The van der Waals surface area contributed by atoms with Crippen molar-refractivity contribution in [1.29, 1.82) is 0 Å². The summed E-state index contributed by atoms with van der Waals surface area (Å²) in [6.45, 7) is 24.0. The molecule has 0 aromatic heterocycles. The largest absolute Gasteiger partial charge is 0.460 e. The number of allylic oxidation sites excluding steroid dienone is 2. The molecule has 1 fully saturated rings. The third-order valence-electron chi connectivity index (χ3n) is 8.81.